The van der Waals surface area contributed by atoms with Crippen molar-refractivity contribution in [1.82, 2.24) is 14.5 Å². The molecule has 4 aromatic rings. The van der Waals surface area contributed by atoms with Gasteiger partial charge in [0.15, 0.2) is 5.13 Å². The van der Waals surface area contributed by atoms with Gasteiger partial charge in [-0.3, -0.25) is 9.69 Å². The van der Waals surface area contributed by atoms with Gasteiger partial charge in [0.05, 0.1) is 21.6 Å². The molecule has 7 heteroatoms. The number of nitrogens with zero attached hydrogens (tertiary/aromatic N) is 4. The van der Waals surface area contributed by atoms with Crippen LogP contribution in [0.15, 0.2) is 55.1 Å². The summed E-state index contributed by atoms with van der Waals surface area (Å²) in [5.41, 5.74) is 3.62. The molecule has 0 atom stereocenters. The lowest BCUT2D eigenvalue weighted by Crippen LogP contribution is -2.32. The second kappa shape index (κ2) is 8.35. The summed E-state index contributed by atoms with van der Waals surface area (Å²) < 4.78 is 2.92. The fraction of sp³-hybridized carbons (Fsp3) is 0.227. The van der Waals surface area contributed by atoms with Gasteiger partial charge in [0.25, 0.3) is 5.91 Å². The maximum atomic E-state index is 13.4. The first-order valence-corrected chi connectivity index (χ1v) is 10.6. The summed E-state index contributed by atoms with van der Waals surface area (Å²) in [7, 11) is 0. The number of carbonyl (C=O) groups is 1. The summed E-state index contributed by atoms with van der Waals surface area (Å²) in [5, 5.41) is 1.34. The van der Waals surface area contributed by atoms with Crippen molar-refractivity contribution in [3.8, 4) is 0 Å². The molecule has 0 radical (unpaired) electrons. The summed E-state index contributed by atoms with van der Waals surface area (Å²) in [5.74, 6) is -0.0489. The Labute approximate surface area is 178 Å². The summed E-state index contributed by atoms with van der Waals surface area (Å²) in [6.45, 7) is 5.33. The molecule has 2 aromatic carbocycles. The van der Waals surface area contributed by atoms with Gasteiger partial charge in [-0.15, -0.1) is 0 Å². The number of hydrogen-bond donors (Lipinski definition) is 0. The van der Waals surface area contributed by atoms with Crippen LogP contribution in [0.25, 0.3) is 10.2 Å². The van der Waals surface area contributed by atoms with Crippen molar-refractivity contribution in [2.45, 2.75) is 26.8 Å². The Morgan fingerprint density at radius 1 is 1.24 bits per heavy atom. The number of benzene rings is 2. The smallest absolute Gasteiger partial charge is 0.260 e. The summed E-state index contributed by atoms with van der Waals surface area (Å²) in [6.07, 6.45) is 6.26. The van der Waals surface area contributed by atoms with Crippen LogP contribution in [0.3, 0.4) is 0 Å². The van der Waals surface area contributed by atoms with Crippen LogP contribution >= 0.6 is 22.9 Å². The molecule has 2 heterocycles. The molecule has 0 saturated heterocycles. The Morgan fingerprint density at radius 3 is 2.83 bits per heavy atom. The van der Waals surface area contributed by atoms with E-state index in [0.29, 0.717) is 22.3 Å². The van der Waals surface area contributed by atoms with E-state index in [9.17, 15) is 4.79 Å². The maximum absolute atomic E-state index is 13.4. The number of aromatic nitrogens is 3. The molecule has 0 aliphatic heterocycles. The van der Waals surface area contributed by atoms with E-state index in [1.807, 2.05) is 61.0 Å². The van der Waals surface area contributed by atoms with E-state index in [-0.39, 0.29) is 5.91 Å². The number of fused-ring (bicyclic) bond motifs is 1. The fourth-order valence-corrected chi connectivity index (χ4v) is 4.60. The van der Waals surface area contributed by atoms with Gasteiger partial charge in [-0.05, 0) is 44.0 Å². The van der Waals surface area contributed by atoms with Gasteiger partial charge in [0.2, 0.25) is 0 Å². The molecule has 0 aliphatic rings. The van der Waals surface area contributed by atoms with E-state index < -0.39 is 0 Å². The van der Waals surface area contributed by atoms with Crippen molar-refractivity contribution in [2.75, 3.05) is 11.4 Å². The van der Waals surface area contributed by atoms with Crippen LogP contribution in [0.2, 0.25) is 5.02 Å². The number of aryl methyl sites for hydroxylation is 3. The number of rotatable bonds is 6. The molecule has 0 fully saturated rings. The third-order valence-corrected chi connectivity index (χ3v) is 6.32. The zero-order valence-corrected chi connectivity index (χ0v) is 17.9. The zero-order chi connectivity index (χ0) is 20.4. The molecule has 0 spiro atoms. The molecule has 0 bridgehead atoms. The first-order valence-electron chi connectivity index (χ1n) is 9.43. The average Bonchev–Trinajstić information content (AvgIpc) is 3.38. The molecule has 0 N–H and O–H groups in total. The normalized spacial score (nSPS) is 11.1. The SMILES string of the molecule is Cc1cccc(C(=O)N(CCCn2ccnc2)c2nc3c(C)ccc(Cl)c3s2)c1. The Kier molecular flexibility index (Phi) is 5.65. The maximum Gasteiger partial charge on any atom is 0.260 e. The van der Waals surface area contributed by atoms with Gasteiger partial charge in [-0.1, -0.05) is 46.7 Å². The highest BCUT2D eigenvalue weighted by Gasteiger charge is 2.22. The highest BCUT2D eigenvalue weighted by atomic mass is 35.5. The van der Waals surface area contributed by atoms with Crippen LogP contribution in [-0.4, -0.2) is 27.0 Å². The van der Waals surface area contributed by atoms with Crippen molar-refractivity contribution < 1.29 is 4.79 Å². The van der Waals surface area contributed by atoms with Crippen molar-refractivity contribution >= 4 is 44.2 Å². The molecular weight excluding hydrogens is 404 g/mol. The van der Waals surface area contributed by atoms with E-state index in [1.54, 1.807) is 17.4 Å². The van der Waals surface area contributed by atoms with Crippen molar-refractivity contribution in [3.05, 3.63) is 76.8 Å². The lowest BCUT2D eigenvalue weighted by atomic mass is 10.1. The molecule has 148 valence electrons. The molecule has 5 nitrogen and oxygen atoms in total. The van der Waals surface area contributed by atoms with Gasteiger partial charge in [0.1, 0.15) is 0 Å². The van der Waals surface area contributed by atoms with Crippen LogP contribution in [-0.2, 0) is 6.54 Å². The number of halogens is 1. The summed E-state index contributed by atoms with van der Waals surface area (Å²) in [6, 6.07) is 11.5. The lowest BCUT2D eigenvalue weighted by molar-refractivity contribution is 0.0986. The Hall–Kier alpha value is -2.70. The lowest BCUT2D eigenvalue weighted by Gasteiger charge is -2.20. The molecule has 29 heavy (non-hydrogen) atoms. The number of thiazole rings is 1. The van der Waals surface area contributed by atoms with Crippen LogP contribution in [0.4, 0.5) is 5.13 Å². The predicted molar refractivity (Wildman–Crippen MR) is 119 cm³/mol. The van der Waals surface area contributed by atoms with E-state index >= 15 is 0 Å². The minimum absolute atomic E-state index is 0.0489. The predicted octanol–water partition coefficient (Wildman–Crippen LogP) is 5.50. The molecule has 1 amide bonds. The topological polar surface area (TPSA) is 51.0 Å². The van der Waals surface area contributed by atoms with Gasteiger partial charge in [-0.2, -0.15) is 0 Å². The van der Waals surface area contributed by atoms with E-state index in [0.717, 1.165) is 34.3 Å². The van der Waals surface area contributed by atoms with Crippen LogP contribution < -0.4 is 4.90 Å². The summed E-state index contributed by atoms with van der Waals surface area (Å²) >= 11 is 7.86. The van der Waals surface area contributed by atoms with Gasteiger partial charge < -0.3 is 4.57 Å². The molecular formula is C22H21ClN4OS. The van der Waals surface area contributed by atoms with Crippen LogP contribution in [0.1, 0.15) is 27.9 Å². The monoisotopic (exact) mass is 424 g/mol. The molecule has 0 saturated carbocycles. The number of carbonyl (C=O) groups excluding carboxylic acids is 1. The molecule has 0 unspecified atom stereocenters. The summed E-state index contributed by atoms with van der Waals surface area (Å²) in [4.78, 5) is 24.0. The van der Waals surface area contributed by atoms with E-state index in [1.165, 1.54) is 11.3 Å². The average molecular weight is 425 g/mol. The van der Waals surface area contributed by atoms with Crippen LogP contribution in [0, 0.1) is 13.8 Å². The van der Waals surface area contributed by atoms with Gasteiger partial charge in [-0.25, -0.2) is 9.97 Å². The number of imidazole rings is 1. The van der Waals surface area contributed by atoms with Gasteiger partial charge >= 0.3 is 0 Å². The van der Waals surface area contributed by atoms with E-state index in [4.69, 9.17) is 16.6 Å². The van der Waals surface area contributed by atoms with Crippen LogP contribution in [0.5, 0.6) is 0 Å². The van der Waals surface area contributed by atoms with Gasteiger partial charge in [0, 0.05) is 31.0 Å². The standard InChI is InChI=1S/C22H21ClN4OS/c1-15-5-3-6-17(13-15)21(28)27(11-4-10-26-12-9-24-14-26)22-25-19-16(2)7-8-18(23)20(19)29-22/h3,5-9,12-14H,4,10-11H2,1-2H3. The molecule has 2 aromatic heterocycles. The largest absolute Gasteiger partial charge is 0.337 e. The van der Waals surface area contributed by atoms with E-state index in [2.05, 4.69) is 4.98 Å². The first kappa shape index (κ1) is 19.6. The number of amides is 1. The third-order valence-electron chi connectivity index (χ3n) is 4.78. The Bertz CT molecular complexity index is 1110. The quantitative estimate of drug-likeness (QED) is 0.410. The molecule has 0 aliphatic carbocycles. The Balaban J connectivity index is 1.68. The number of anilines is 1. The molecule has 4 rings (SSSR count). The third kappa shape index (κ3) is 4.18. The Morgan fingerprint density at radius 2 is 2.10 bits per heavy atom. The first-order chi connectivity index (χ1) is 14.0. The highest BCUT2D eigenvalue weighted by molar-refractivity contribution is 7.23. The van der Waals surface area contributed by atoms with Crippen molar-refractivity contribution in [1.29, 1.82) is 0 Å². The minimum Gasteiger partial charge on any atom is -0.337 e. The zero-order valence-electron chi connectivity index (χ0n) is 16.3. The minimum atomic E-state index is -0.0489. The van der Waals surface area contributed by atoms with Crippen molar-refractivity contribution in [3.63, 3.8) is 0 Å². The fourth-order valence-electron chi connectivity index (χ4n) is 3.25. The second-order valence-electron chi connectivity index (χ2n) is 7.02. The highest BCUT2D eigenvalue weighted by Crippen LogP contribution is 2.36. The second-order valence-corrected chi connectivity index (χ2v) is 8.40. The number of hydrogen-bond acceptors (Lipinski definition) is 4. The van der Waals surface area contributed by atoms with Crippen molar-refractivity contribution in [2.24, 2.45) is 0 Å².